The number of nitrogens with one attached hydrogen (secondary N) is 2. The molecule has 2 aliphatic carbocycles. The number of carbonyl (C=O) groups is 2. The molecular formula is C18H22N4O2. The number of hydrogen-bond acceptors (Lipinski definition) is 2. The molecule has 0 spiro atoms. The summed E-state index contributed by atoms with van der Waals surface area (Å²) in [5.41, 5.74) is 1.58. The second-order valence-corrected chi connectivity index (χ2v) is 7.50. The molecule has 5 rings (SSSR count). The highest BCUT2D eigenvalue weighted by Crippen LogP contribution is 2.55. The molecule has 2 saturated heterocycles. The van der Waals surface area contributed by atoms with E-state index in [2.05, 4.69) is 10.6 Å². The van der Waals surface area contributed by atoms with Gasteiger partial charge < -0.3 is 15.5 Å². The van der Waals surface area contributed by atoms with Crippen LogP contribution in [0.25, 0.3) is 0 Å². The van der Waals surface area contributed by atoms with Crippen molar-refractivity contribution in [3.63, 3.8) is 0 Å². The van der Waals surface area contributed by atoms with Crippen LogP contribution in [0, 0.1) is 17.8 Å². The highest BCUT2D eigenvalue weighted by atomic mass is 16.2. The molecule has 4 aliphatic rings. The molecule has 0 aromatic heterocycles. The quantitative estimate of drug-likeness (QED) is 0.877. The fraction of sp³-hybridized carbons (Fsp3) is 0.556. The third kappa shape index (κ3) is 2.01. The maximum Gasteiger partial charge on any atom is 0.322 e. The molecule has 2 bridgehead atoms. The predicted octanol–water partition coefficient (Wildman–Crippen LogP) is 2.48. The van der Waals surface area contributed by atoms with Crippen molar-refractivity contribution < 1.29 is 9.59 Å². The maximum absolute atomic E-state index is 12.6. The fourth-order valence-electron chi connectivity index (χ4n) is 5.22. The van der Waals surface area contributed by atoms with Crippen LogP contribution in [0.5, 0.6) is 0 Å². The van der Waals surface area contributed by atoms with Gasteiger partial charge >= 0.3 is 12.1 Å². The van der Waals surface area contributed by atoms with E-state index in [1.165, 1.54) is 19.3 Å². The van der Waals surface area contributed by atoms with Crippen molar-refractivity contribution in [2.75, 3.05) is 29.9 Å². The second-order valence-electron chi connectivity index (χ2n) is 7.50. The van der Waals surface area contributed by atoms with Crippen LogP contribution >= 0.6 is 0 Å². The third-order valence-electron chi connectivity index (χ3n) is 6.34. The zero-order valence-corrected chi connectivity index (χ0v) is 13.6. The lowest BCUT2D eigenvalue weighted by molar-refractivity contribution is 0.0177. The van der Waals surface area contributed by atoms with Crippen molar-refractivity contribution in [1.82, 2.24) is 10.2 Å². The van der Waals surface area contributed by atoms with Crippen LogP contribution in [0.3, 0.4) is 0 Å². The summed E-state index contributed by atoms with van der Waals surface area (Å²) in [5.74, 6) is 2.33. The van der Waals surface area contributed by atoms with Crippen molar-refractivity contribution in [1.29, 1.82) is 0 Å². The average Bonchev–Trinajstić information content (AvgIpc) is 3.21. The lowest BCUT2D eigenvalue weighted by atomic mass is 9.77. The summed E-state index contributed by atoms with van der Waals surface area (Å²) >= 11 is 0. The van der Waals surface area contributed by atoms with Gasteiger partial charge in [0.25, 0.3) is 0 Å². The van der Waals surface area contributed by atoms with Crippen molar-refractivity contribution in [2.45, 2.75) is 25.3 Å². The van der Waals surface area contributed by atoms with Gasteiger partial charge in [-0.3, -0.25) is 4.90 Å². The molecule has 2 N–H and O–H groups in total. The normalized spacial score (nSPS) is 33.2. The molecule has 4 atom stereocenters. The second kappa shape index (κ2) is 5.13. The summed E-state index contributed by atoms with van der Waals surface area (Å²) < 4.78 is 0. The minimum absolute atomic E-state index is 0.00632. The highest BCUT2D eigenvalue weighted by Gasteiger charge is 2.57. The Balaban J connectivity index is 1.28. The van der Waals surface area contributed by atoms with E-state index < -0.39 is 0 Å². The number of amides is 4. The summed E-state index contributed by atoms with van der Waals surface area (Å²) in [6.07, 6.45) is 3.97. The number of anilines is 2. The zero-order chi connectivity index (χ0) is 16.3. The van der Waals surface area contributed by atoms with Crippen molar-refractivity contribution in [3.8, 4) is 0 Å². The van der Waals surface area contributed by atoms with Gasteiger partial charge in [0.05, 0.1) is 0 Å². The molecule has 4 fully saturated rings. The Morgan fingerprint density at radius 3 is 2.92 bits per heavy atom. The Hall–Kier alpha value is -2.24. The monoisotopic (exact) mass is 326 g/mol. The SMILES string of the molecule is O=C1NCCN1c1cccc(NC(=O)N2C[C@@H]3[C@H]4CC[C@@H](C4)[C@H]32)c1. The van der Waals surface area contributed by atoms with Gasteiger partial charge in [-0.25, -0.2) is 9.59 Å². The molecule has 126 valence electrons. The average molecular weight is 326 g/mol. The number of carbonyl (C=O) groups excluding carboxylic acids is 2. The Labute approximate surface area is 141 Å². The van der Waals surface area contributed by atoms with Crippen LogP contribution in [-0.4, -0.2) is 42.6 Å². The first-order valence-corrected chi connectivity index (χ1v) is 8.94. The number of likely N-dealkylation sites (tertiary alicyclic amines) is 1. The molecule has 6 nitrogen and oxygen atoms in total. The zero-order valence-electron chi connectivity index (χ0n) is 13.6. The first-order chi connectivity index (χ1) is 11.7. The maximum atomic E-state index is 12.6. The summed E-state index contributed by atoms with van der Waals surface area (Å²) in [7, 11) is 0. The number of urea groups is 2. The molecule has 2 saturated carbocycles. The van der Waals surface area contributed by atoms with Crippen molar-refractivity contribution in [2.24, 2.45) is 17.8 Å². The molecule has 24 heavy (non-hydrogen) atoms. The number of rotatable bonds is 2. The largest absolute Gasteiger partial charge is 0.336 e. The van der Waals surface area contributed by atoms with Crippen LogP contribution in [0.1, 0.15) is 19.3 Å². The Morgan fingerprint density at radius 2 is 2.12 bits per heavy atom. The van der Waals surface area contributed by atoms with E-state index in [4.69, 9.17) is 0 Å². The van der Waals surface area contributed by atoms with Crippen LogP contribution in [0.15, 0.2) is 24.3 Å². The summed E-state index contributed by atoms with van der Waals surface area (Å²) in [4.78, 5) is 28.1. The van der Waals surface area contributed by atoms with Gasteiger partial charge in [0.1, 0.15) is 0 Å². The minimum atomic E-state index is -0.0777. The molecule has 2 heterocycles. The molecule has 6 heteroatoms. The van der Waals surface area contributed by atoms with Gasteiger partial charge in [-0.2, -0.15) is 0 Å². The van der Waals surface area contributed by atoms with Gasteiger partial charge in [-0.1, -0.05) is 6.07 Å². The molecular weight excluding hydrogens is 304 g/mol. The van der Waals surface area contributed by atoms with Crippen LogP contribution in [-0.2, 0) is 0 Å². The van der Waals surface area contributed by atoms with E-state index in [1.807, 2.05) is 29.2 Å². The predicted molar refractivity (Wildman–Crippen MR) is 91.0 cm³/mol. The molecule has 2 aliphatic heterocycles. The van der Waals surface area contributed by atoms with Gasteiger partial charge in [-0.05, 0) is 49.3 Å². The van der Waals surface area contributed by atoms with Gasteiger partial charge in [-0.15, -0.1) is 0 Å². The Bertz CT molecular complexity index is 704. The van der Waals surface area contributed by atoms with Gasteiger partial charge in [0, 0.05) is 43.0 Å². The fourth-order valence-corrected chi connectivity index (χ4v) is 5.22. The van der Waals surface area contributed by atoms with E-state index in [9.17, 15) is 9.59 Å². The molecule has 1 aromatic rings. The number of benzene rings is 1. The standard InChI is InChI=1S/C18H22N4O2/c23-17-19-6-7-21(17)14-3-1-2-13(9-14)20-18(24)22-10-15-11-4-5-12(8-11)16(15)22/h1-3,9,11-12,15-16H,4-8,10H2,(H,19,23)(H,20,24)/t11-,12-,15+,16+/m0/s1. The number of fused-ring (bicyclic) bond motifs is 5. The smallest absolute Gasteiger partial charge is 0.322 e. The van der Waals surface area contributed by atoms with Gasteiger partial charge in [0.15, 0.2) is 0 Å². The minimum Gasteiger partial charge on any atom is -0.336 e. The number of nitrogens with zero attached hydrogens (tertiary/aromatic N) is 2. The lowest BCUT2D eigenvalue weighted by Gasteiger charge is -2.50. The summed E-state index contributed by atoms with van der Waals surface area (Å²) in [5, 5.41) is 5.82. The Morgan fingerprint density at radius 1 is 1.25 bits per heavy atom. The summed E-state index contributed by atoms with van der Waals surface area (Å²) in [6.45, 7) is 2.23. The lowest BCUT2D eigenvalue weighted by Crippen LogP contribution is -2.61. The third-order valence-corrected chi connectivity index (χ3v) is 6.34. The molecule has 0 unspecified atom stereocenters. The van der Waals surface area contributed by atoms with Crippen LogP contribution < -0.4 is 15.5 Å². The van der Waals surface area contributed by atoms with E-state index in [-0.39, 0.29) is 12.1 Å². The van der Waals surface area contributed by atoms with Crippen molar-refractivity contribution in [3.05, 3.63) is 24.3 Å². The highest BCUT2D eigenvalue weighted by molar-refractivity contribution is 5.96. The number of hydrogen-bond donors (Lipinski definition) is 2. The molecule has 0 radical (unpaired) electrons. The van der Waals surface area contributed by atoms with Gasteiger partial charge in [0.2, 0.25) is 0 Å². The molecule has 4 amide bonds. The van der Waals surface area contributed by atoms with E-state index in [1.54, 1.807) is 4.90 Å². The van der Waals surface area contributed by atoms with E-state index >= 15 is 0 Å². The van der Waals surface area contributed by atoms with Crippen LogP contribution in [0.2, 0.25) is 0 Å². The first-order valence-electron chi connectivity index (χ1n) is 8.94. The summed E-state index contributed by atoms with van der Waals surface area (Å²) in [6, 6.07) is 7.94. The topological polar surface area (TPSA) is 64.7 Å². The Kier molecular flexibility index (Phi) is 3.02. The van der Waals surface area contributed by atoms with E-state index in [0.29, 0.717) is 19.1 Å². The molecule has 1 aromatic carbocycles. The van der Waals surface area contributed by atoms with Crippen molar-refractivity contribution >= 4 is 23.4 Å². The first kappa shape index (κ1) is 14.1. The van der Waals surface area contributed by atoms with E-state index in [0.717, 1.165) is 35.7 Å². The van der Waals surface area contributed by atoms with Crippen LogP contribution in [0.4, 0.5) is 21.0 Å².